The van der Waals surface area contributed by atoms with Crippen molar-refractivity contribution < 1.29 is 4.74 Å². The maximum Gasteiger partial charge on any atom is 0.127 e. The van der Waals surface area contributed by atoms with Crippen molar-refractivity contribution in [2.45, 2.75) is 26.2 Å². The Morgan fingerprint density at radius 2 is 1.53 bits per heavy atom. The number of rotatable bonds is 5. The molecular weight excluding hydrogens is 234 g/mol. The van der Waals surface area contributed by atoms with Crippen LogP contribution in [0, 0.1) is 11.3 Å². The van der Waals surface area contributed by atoms with Crippen LogP contribution in [0.15, 0.2) is 48.5 Å². The van der Waals surface area contributed by atoms with Crippen LogP contribution >= 0.6 is 0 Å². The van der Waals surface area contributed by atoms with Gasteiger partial charge in [0.15, 0.2) is 0 Å². The third-order valence-corrected chi connectivity index (χ3v) is 2.96. The van der Waals surface area contributed by atoms with Gasteiger partial charge in [-0.2, -0.15) is 5.26 Å². The van der Waals surface area contributed by atoms with Crippen molar-refractivity contribution in [3.05, 3.63) is 59.7 Å². The van der Waals surface area contributed by atoms with Crippen LogP contribution in [0.3, 0.4) is 0 Å². The van der Waals surface area contributed by atoms with Crippen molar-refractivity contribution in [3.8, 4) is 17.6 Å². The second-order valence-electron chi connectivity index (χ2n) is 4.49. The molecule has 2 aromatic rings. The van der Waals surface area contributed by atoms with E-state index in [2.05, 4.69) is 25.1 Å². The first-order valence-corrected chi connectivity index (χ1v) is 6.59. The lowest BCUT2D eigenvalue weighted by Gasteiger charge is -2.06. The normalized spacial score (nSPS) is 9.89. The SMILES string of the molecule is CCCCc1ccc(Oc2ccc(C#N)cc2)cc1. The summed E-state index contributed by atoms with van der Waals surface area (Å²) in [7, 11) is 0. The molecule has 0 bridgehead atoms. The summed E-state index contributed by atoms with van der Waals surface area (Å²) in [5.74, 6) is 1.57. The van der Waals surface area contributed by atoms with Crippen LogP contribution in [0.1, 0.15) is 30.9 Å². The van der Waals surface area contributed by atoms with E-state index in [9.17, 15) is 0 Å². The summed E-state index contributed by atoms with van der Waals surface area (Å²) in [5, 5.41) is 8.73. The molecule has 96 valence electrons. The van der Waals surface area contributed by atoms with Gasteiger partial charge in [0.05, 0.1) is 11.6 Å². The fraction of sp³-hybridized carbons (Fsp3) is 0.235. The molecule has 0 N–H and O–H groups in total. The zero-order chi connectivity index (χ0) is 13.5. The first kappa shape index (κ1) is 13.2. The average molecular weight is 251 g/mol. The fourth-order valence-corrected chi connectivity index (χ4v) is 1.84. The Balaban J connectivity index is 2.00. The van der Waals surface area contributed by atoms with Crippen molar-refractivity contribution in [3.63, 3.8) is 0 Å². The molecule has 0 radical (unpaired) electrons. The lowest BCUT2D eigenvalue weighted by molar-refractivity contribution is 0.482. The molecule has 0 heterocycles. The number of nitrogens with zero attached hydrogens (tertiary/aromatic N) is 1. The number of nitriles is 1. The molecule has 0 aliphatic carbocycles. The summed E-state index contributed by atoms with van der Waals surface area (Å²) in [5.41, 5.74) is 1.98. The number of hydrogen-bond acceptors (Lipinski definition) is 2. The van der Waals surface area contributed by atoms with Gasteiger partial charge in [-0.25, -0.2) is 0 Å². The van der Waals surface area contributed by atoms with Gasteiger partial charge in [-0.05, 0) is 54.8 Å². The summed E-state index contributed by atoms with van der Waals surface area (Å²) in [6.07, 6.45) is 3.55. The first-order chi connectivity index (χ1) is 9.31. The molecule has 2 heteroatoms. The molecule has 0 amide bonds. The molecule has 0 fully saturated rings. The average Bonchev–Trinajstić information content (AvgIpc) is 2.47. The van der Waals surface area contributed by atoms with Crippen LogP contribution in [0.2, 0.25) is 0 Å². The van der Waals surface area contributed by atoms with Crippen molar-refractivity contribution in [1.82, 2.24) is 0 Å². The minimum Gasteiger partial charge on any atom is -0.457 e. The Bertz CT molecular complexity index is 549. The lowest BCUT2D eigenvalue weighted by Crippen LogP contribution is -1.87. The molecule has 0 aliphatic rings. The molecule has 0 aliphatic heterocycles. The summed E-state index contributed by atoms with van der Waals surface area (Å²) < 4.78 is 5.73. The predicted octanol–water partition coefficient (Wildman–Crippen LogP) is 4.69. The Labute approximate surface area is 114 Å². The zero-order valence-corrected chi connectivity index (χ0v) is 11.1. The van der Waals surface area contributed by atoms with Crippen LogP contribution < -0.4 is 4.74 Å². The monoisotopic (exact) mass is 251 g/mol. The highest BCUT2D eigenvalue weighted by Crippen LogP contribution is 2.22. The van der Waals surface area contributed by atoms with Gasteiger partial charge in [0.2, 0.25) is 0 Å². The number of hydrogen-bond donors (Lipinski definition) is 0. The minimum absolute atomic E-state index is 0.641. The molecular formula is C17H17NO. The summed E-state index contributed by atoms with van der Waals surface area (Å²) in [6.45, 7) is 2.20. The van der Waals surface area contributed by atoms with Gasteiger partial charge in [0.25, 0.3) is 0 Å². The summed E-state index contributed by atoms with van der Waals surface area (Å²) >= 11 is 0. The summed E-state index contributed by atoms with van der Waals surface area (Å²) in [6, 6.07) is 17.4. The number of benzene rings is 2. The van der Waals surface area contributed by atoms with E-state index < -0.39 is 0 Å². The van der Waals surface area contributed by atoms with Crippen LogP contribution in [0.25, 0.3) is 0 Å². The smallest absolute Gasteiger partial charge is 0.127 e. The van der Waals surface area contributed by atoms with E-state index in [0.29, 0.717) is 5.56 Å². The third-order valence-electron chi connectivity index (χ3n) is 2.96. The van der Waals surface area contributed by atoms with E-state index in [0.717, 1.165) is 17.9 Å². The van der Waals surface area contributed by atoms with Crippen molar-refractivity contribution in [2.24, 2.45) is 0 Å². The van der Waals surface area contributed by atoms with Crippen LogP contribution in [-0.4, -0.2) is 0 Å². The largest absolute Gasteiger partial charge is 0.457 e. The number of ether oxygens (including phenoxy) is 1. The molecule has 2 nitrogen and oxygen atoms in total. The van der Waals surface area contributed by atoms with Gasteiger partial charge in [-0.1, -0.05) is 25.5 Å². The molecule has 0 saturated carbocycles. The molecule has 0 saturated heterocycles. The van der Waals surface area contributed by atoms with Crippen LogP contribution in [-0.2, 0) is 6.42 Å². The predicted molar refractivity (Wildman–Crippen MR) is 76.3 cm³/mol. The zero-order valence-electron chi connectivity index (χ0n) is 11.1. The van der Waals surface area contributed by atoms with Crippen molar-refractivity contribution in [2.75, 3.05) is 0 Å². The van der Waals surface area contributed by atoms with Gasteiger partial charge in [-0.3, -0.25) is 0 Å². The molecule has 19 heavy (non-hydrogen) atoms. The van der Waals surface area contributed by atoms with Crippen LogP contribution in [0.4, 0.5) is 0 Å². The molecule has 2 rings (SSSR count). The molecule has 2 aromatic carbocycles. The van der Waals surface area contributed by atoms with E-state index in [-0.39, 0.29) is 0 Å². The van der Waals surface area contributed by atoms with Gasteiger partial charge in [0, 0.05) is 0 Å². The number of aryl methyl sites for hydroxylation is 1. The quantitative estimate of drug-likeness (QED) is 0.772. The maximum absolute atomic E-state index is 8.73. The topological polar surface area (TPSA) is 33.0 Å². The molecule has 0 atom stereocenters. The van der Waals surface area contributed by atoms with Gasteiger partial charge >= 0.3 is 0 Å². The van der Waals surface area contributed by atoms with E-state index in [1.165, 1.54) is 18.4 Å². The Hall–Kier alpha value is -2.27. The maximum atomic E-state index is 8.73. The Kier molecular flexibility index (Phi) is 4.58. The van der Waals surface area contributed by atoms with Crippen LogP contribution in [0.5, 0.6) is 11.5 Å². The lowest BCUT2D eigenvalue weighted by atomic mass is 10.1. The fourth-order valence-electron chi connectivity index (χ4n) is 1.84. The minimum atomic E-state index is 0.641. The van der Waals surface area contributed by atoms with E-state index in [1.54, 1.807) is 12.1 Å². The van der Waals surface area contributed by atoms with Gasteiger partial charge < -0.3 is 4.74 Å². The Morgan fingerprint density at radius 3 is 2.05 bits per heavy atom. The second kappa shape index (κ2) is 6.61. The van der Waals surface area contributed by atoms with Gasteiger partial charge in [-0.15, -0.1) is 0 Å². The number of unbranched alkanes of at least 4 members (excludes halogenated alkanes) is 1. The molecule has 0 unspecified atom stereocenters. The molecule has 0 spiro atoms. The third kappa shape index (κ3) is 3.86. The second-order valence-corrected chi connectivity index (χ2v) is 4.49. The van der Waals surface area contributed by atoms with Crippen molar-refractivity contribution in [1.29, 1.82) is 5.26 Å². The summed E-state index contributed by atoms with van der Waals surface area (Å²) in [4.78, 5) is 0. The van der Waals surface area contributed by atoms with E-state index in [4.69, 9.17) is 10.00 Å². The highest BCUT2D eigenvalue weighted by Gasteiger charge is 1.98. The highest BCUT2D eigenvalue weighted by molar-refractivity contribution is 5.37. The molecule has 0 aromatic heterocycles. The van der Waals surface area contributed by atoms with E-state index in [1.807, 2.05) is 24.3 Å². The Morgan fingerprint density at radius 1 is 0.947 bits per heavy atom. The van der Waals surface area contributed by atoms with E-state index >= 15 is 0 Å². The first-order valence-electron chi connectivity index (χ1n) is 6.59. The van der Waals surface area contributed by atoms with Crippen molar-refractivity contribution >= 4 is 0 Å². The standard InChI is InChI=1S/C17H17NO/c1-2-3-4-14-5-9-16(10-6-14)19-17-11-7-15(13-18)8-12-17/h5-12H,2-4H2,1H3. The van der Waals surface area contributed by atoms with Gasteiger partial charge in [0.1, 0.15) is 11.5 Å². The highest BCUT2D eigenvalue weighted by atomic mass is 16.5.